The van der Waals surface area contributed by atoms with Crippen molar-refractivity contribution in [3.63, 3.8) is 0 Å². The molecule has 0 bridgehead atoms. The molecule has 0 aromatic carbocycles. The molecule has 1 amide bonds. The second-order valence-electron chi connectivity index (χ2n) is 1.54. The monoisotopic (exact) mass is 154 g/mol. The molecule has 0 unspecified atom stereocenters. The molecule has 0 aromatic rings. The number of hydrogen-bond donors (Lipinski definition) is 1. The van der Waals surface area contributed by atoms with Gasteiger partial charge in [-0.1, -0.05) is 11.8 Å². The lowest BCUT2D eigenvalue weighted by atomic mass is 10.5. The molecule has 0 aliphatic carbocycles. The number of hydrogen-bond acceptors (Lipinski definition) is 3. The van der Waals surface area contributed by atoms with Gasteiger partial charge in [0.15, 0.2) is 0 Å². The fraction of sp³-hybridized carbons (Fsp3) is 0. The number of amides is 1. The third kappa shape index (κ3) is 2.06. The van der Waals surface area contributed by atoms with Gasteiger partial charge >= 0.3 is 0 Å². The highest BCUT2D eigenvalue weighted by molar-refractivity contribution is 8.14. The van der Waals surface area contributed by atoms with E-state index in [0.717, 1.165) is 5.70 Å². The van der Waals surface area contributed by atoms with Gasteiger partial charge in [0.2, 0.25) is 6.41 Å². The van der Waals surface area contributed by atoms with Crippen LogP contribution in [0.15, 0.2) is 28.4 Å². The van der Waals surface area contributed by atoms with E-state index in [1.807, 2.05) is 0 Å². The molecule has 1 aliphatic rings. The van der Waals surface area contributed by atoms with Crippen LogP contribution in [-0.4, -0.2) is 12.0 Å². The lowest BCUT2D eigenvalue weighted by Crippen LogP contribution is -2.06. The van der Waals surface area contributed by atoms with Gasteiger partial charge in [0.25, 0.3) is 0 Å². The molecule has 1 aliphatic heterocycles. The summed E-state index contributed by atoms with van der Waals surface area (Å²) in [6, 6.07) is 0. The van der Waals surface area contributed by atoms with Gasteiger partial charge in [-0.15, -0.1) is 0 Å². The summed E-state index contributed by atoms with van der Waals surface area (Å²) in [5.41, 5.74) is 2.45. The minimum absolute atomic E-state index is 0.641. The van der Waals surface area contributed by atoms with E-state index in [4.69, 9.17) is 0 Å². The Morgan fingerprint density at radius 1 is 1.70 bits per heavy atom. The van der Waals surface area contributed by atoms with Crippen LogP contribution >= 0.6 is 11.8 Å². The predicted octanol–water partition coefficient (Wildman–Crippen LogP) is 0.863. The first-order valence-corrected chi connectivity index (χ1v) is 3.62. The average molecular weight is 154 g/mol. The Hall–Kier alpha value is -1.03. The summed E-state index contributed by atoms with van der Waals surface area (Å²) in [7, 11) is 0. The first-order valence-electron chi connectivity index (χ1n) is 2.67. The van der Waals surface area contributed by atoms with Gasteiger partial charge < -0.3 is 5.32 Å². The maximum absolute atomic E-state index is 9.95. The number of aliphatic imine (C=N–C) groups is 1. The Labute approximate surface area is 62.9 Å². The molecule has 4 heteroatoms. The van der Waals surface area contributed by atoms with Crippen molar-refractivity contribution in [2.24, 2.45) is 4.99 Å². The van der Waals surface area contributed by atoms with E-state index in [0.29, 0.717) is 6.41 Å². The van der Waals surface area contributed by atoms with Crippen molar-refractivity contribution < 1.29 is 4.79 Å². The smallest absolute Gasteiger partial charge is 0.211 e. The van der Waals surface area contributed by atoms with Crippen LogP contribution in [0.5, 0.6) is 0 Å². The molecule has 0 aromatic heterocycles. The zero-order valence-electron chi connectivity index (χ0n) is 5.15. The number of thioether (sulfide) groups is 1. The van der Waals surface area contributed by atoms with Gasteiger partial charge in [-0.2, -0.15) is 0 Å². The summed E-state index contributed by atoms with van der Waals surface area (Å²) in [5, 5.41) is 4.32. The van der Waals surface area contributed by atoms with E-state index in [9.17, 15) is 4.79 Å². The SMILES string of the molecule is O=CNC1=CSC=NC=C1. The molecule has 1 rings (SSSR count). The Bertz CT molecular complexity index is 208. The van der Waals surface area contributed by atoms with Crippen LogP contribution < -0.4 is 5.32 Å². The van der Waals surface area contributed by atoms with Crippen LogP contribution in [0.25, 0.3) is 0 Å². The molecule has 1 heterocycles. The molecule has 52 valence electrons. The normalized spacial score (nSPS) is 15.8. The molecular formula is C6H6N2OS. The average Bonchev–Trinajstić information content (AvgIpc) is 2.17. The number of carbonyl (C=O) groups excluding carboxylic acids is 1. The van der Waals surface area contributed by atoms with Gasteiger partial charge in [0.05, 0.1) is 5.55 Å². The Balaban J connectivity index is 2.59. The van der Waals surface area contributed by atoms with E-state index in [1.54, 1.807) is 23.2 Å². The van der Waals surface area contributed by atoms with Crippen LogP contribution in [0.4, 0.5) is 0 Å². The van der Waals surface area contributed by atoms with Crippen molar-refractivity contribution in [3.8, 4) is 0 Å². The largest absolute Gasteiger partial charge is 0.328 e. The quantitative estimate of drug-likeness (QED) is 0.599. The maximum Gasteiger partial charge on any atom is 0.211 e. The van der Waals surface area contributed by atoms with Crippen LogP contribution in [0.2, 0.25) is 0 Å². The fourth-order valence-electron chi connectivity index (χ4n) is 0.487. The number of nitrogens with zero attached hydrogens (tertiary/aromatic N) is 1. The van der Waals surface area contributed by atoms with Gasteiger partial charge in [-0.3, -0.25) is 9.79 Å². The summed E-state index contributed by atoms with van der Waals surface area (Å²) in [5.74, 6) is 0. The van der Waals surface area contributed by atoms with E-state index in [2.05, 4.69) is 10.3 Å². The Kier molecular flexibility index (Phi) is 2.76. The van der Waals surface area contributed by atoms with E-state index in [1.165, 1.54) is 11.8 Å². The van der Waals surface area contributed by atoms with Crippen LogP contribution in [0.1, 0.15) is 0 Å². The van der Waals surface area contributed by atoms with Gasteiger partial charge in [-0.25, -0.2) is 0 Å². The van der Waals surface area contributed by atoms with Gasteiger partial charge in [-0.05, 0) is 6.08 Å². The summed E-state index contributed by atoms with van der Waals surface area (Å²) < 4.78 is 0. The number of rotatable bonds is 2. The minimum atomic E-state index is 0.641. The first-order chi connectivity index (χ1) is 4.93. The van der Waals surface area contributed by atoms with Crippen molar-refractivity contribution in [1.29, 1.82) is 0 Å². The third-order valence-electron chi connectivity index (χ3n) is 0.882. The van der Waals surface area contributed by atoms with Gasteiger partial charge in [0.1, 0.15) is 0 Å². The number of carbonyl (C=O) groups is 1. The van der Waals surface area contributed by atoms with Crippen molar-refractivity contribution in [2.45, 2.75) is 0 Å². The molecule has 3 nitrogen and oxygen atoms in total. The zero-order chi connectivity index (χ0) is 7.23. The first kappa shape index (κ1) is 7.08. The van der Waals surface area contributed by atoms with Crippen molar-refractivity contribution in [1.82, 2.24) is 5.32 Å². The van der Waals surface area contributed by atoms with Crippen LogP contribution in [0.3, 0.4) is 0 Å². The highest BCUT2D eigenvalue weighted by Crippen LogP contribution is 2.06. The highest BCUT2D eigenvalue weighted by Gasteiger charge is 1.89. The summed E-state index contributed by atoms with van der Waals surface area (Å²) >= 11 is 1.43. The Morgan fingerprint density at radius 3 is 3.40 bits per heavy atom. The standard InChI is InChI=1S/C6H6N2OS/c9-4-8-6-1-2-7-5-10-3-6/h1-5H,(H,8,9). The molecule has 0 saturated carbocycles. The lowest BCUT2D eigenvalue weighted by molar-refractivity contribution is -0.108. The summed E-state index contributed by atoms with van der Waals surface area (Å²) in [6.07, 6.45) is 4.00. The van der Waals surface area contributed by atoms with Crippen molar-refractivity contribution in [2.75, 3.05) is 0 Å². The lowest BCUT2D eigenvalue weighted by Gasteiger charge is -1.93. The molecule has 0 atom stereocenters. The van der Waals surface area contributed by atoms with E-state index >= 15 is 0 Å². The summed E-state index contributed by atoms with van der Waals surface area (Å²) in [6.45, 7) is 0. The zero-order valence-corrected chi connectivity index (χ0v) is 5.97. The van der Waals surface area contributed by atoms with Gasteiger partial charge in [0, 0.05) is 17.3 Å². The third-order valence-corrected chi connectivity index (χ3v) is 1.52. The number of nitrogens with one attached hydrogen (secondary N) is 1. The highest BCUT2D eigenvalue weighted by atomic mass is 32.2. The van der Waals surface area contributed by atoms with Crippen molar-refractivity contribution in [3.05, 3.63) is 23.4 Å². The van der Waals surface area contributed by atoms with E-state index in [-0.39, 0.29) is 0 Å². The minimum Gasteiger partial charge on any atom is -0.328 e. The maximum atomic E-state index is 9.95. The molecule has 0 fully saturated rings. The molecule has 1 N–H and O–H groups in total. The molecular weight excluding hydrogens is 148 g/mol. The molecule has 10 heavy (non-hydrogen) atoms. The topological polar surface area (TPSA) is 41.5 Å². The van der Waals surface area contributed by atoms with Crippen molar-refractivity contribution >= 4 is 23.7 Å². The predicted molar refractivity (Wildman–Crippen MR) is 42.5 cm³/mol. The fourth-order valence-corrected chi connectivity index (χ4v) is 0.981. The molecule has 0 spiro atoms. The second-order valence-corrected chi connectivity index (χ2v) is 2.26. The Morgan fingerprint density at radius 2 is 2.60 bits per heavy atom. The van der Waals surface area contributed by atoms with Crippen LogP contribution in [-0.2, 0) is 4.79 Å². The second kappa shape index (κ2) is 3.90. The summed E-state index contributed by atoms with van der Waals surface area (Å²) in [4.78, 5) is 13.8. The number of allylic oxidation sites excluding steroid dienone is 1. The molecule has 0 radical (unpaired) electrons. The van der Waals surface area contributed by atoms with Crippen LogP contribution in [0, 0.1) is 0 Å². The van der Waals surface area contributed by atoms with E-state index < -0.39 is 0 Å². The molecule has 0 saturated heterocycles.